The largest absolute Gasteiger partial charge is 0.351 e. The van der Waals surface area contributed by atoms with E-state index in [1.807, 2.05) is 7.05 Å². The molecule has 1 aliphatic heterocycles. The first-order valence-corrected chi connectivity index (χ1v) is 9.73. The van der Waals surface area contributed by atoms with Crippen LogP contribution in [0.25, 0.3) is 5.57 Å². The quantitative estimate of drug-likeness (QED) is 0.660. The summed E-state index contributed by atoms with van der Waals surface area (Å²) >= 11 is 0. The number of benzene rings is 1. The second-order valence-corrected chi connectivity index (χ2v) is 7.21. The van der Waals surface area contributed by atoms with E-state index in [0.717, 1.165) is 24.6 Å². The van der Waals surface area contributed by atoms with Crippen LogP contribution >= 0.6 is 0 Å². The fourth-order valence-electron chi connectivity index (χ4n) is 3.53. The van der Waals surface area contributed by atoms with Gasteiger partial charge in [0.15, 0.2) is 0 Å². The summed E-state index contributed by atoms with van der Waals surface area (Å²) in [6, 6.07) is 9.13. The normalized spacial score (nSPS) is 16.4. The highest BCUT2D eigenvalue weighted by molar-refractivity contribution is 5.85. The molecule has 0 aromatic heterocycles. The van der Waals surface area contributed by atoms with Crippen LogP contribution in [0.15, 0.2) is 66.0 Å². The molecule has 1 N–H and O–H groups in total. The standard InChI is InChI=1S/C24H34N2/c1-7-9-23-18(3)19(4)26(6)17-24(23)22-12-10-21(11-13-22)16-20(8-2)14-15-25-5/h7,9-13,17,20,25H,4,8,14-16H2,1-3,5-6H3/b9-7-. The fraction of sp³-hybridized carbons (Fsp3) is 0.417. The van der Waals surface area contributed by atoms with Gasteiger partial charge in [0.25, 0.3) is 0 Å². The summed E-state index contributed by atoms with van der Waals surface area (Å²) in [6.07, 6.45) is 10.1. The highest BCUT2D eigenvalue weighted by Crippen LogP contribution is 2.35. The van der Waals surface area contributed by atoms with Gasteiger partial charge in [-0.3, -0.25) is 0 Å². The number of hydrogen-bond acceptors (Lipinski definition) is 2. The van der Waals surface area contributed by atoms with Crippen molar-refractivity contribution < 1.29 is 0 Å². The molecule has 2 rings (SSSR count). The topological polar surface area (TPSA) is 15.3 Å². The van der Waals surface area contributed by atoms with E-state index in [1.165, 1.54) is 40.7 Å². The van der Waals surface area contributed by atoms with Gasteiger partial charge in [-0.05, 0) is 68.5 Å². The summed E-state index contributed by atoms with van der Waals surface area (Å²) in [7, 11) is 4.10. The molecule has 0 saturated carbocycles. The summed E-state index contributed by atoms with van der Waals surface area (Å²) < 4.78 is 0. The van der Waals surface area contributed by atoms with Gasteiger partial charge < -0.3 is 10.2 Å². The fourth-order valence-corrected chi connectivity index (χ4v) is 3.53. The van der Waals surface area contributed by atoms with Crippen molar-refractivity contribution >= 4 is 5.57 Å². The first kappa shape index (κ1) is 20.3. The monoisotopic (exact) mass is 350 g/mol. The van der Waals surface area contributed by atoms with E-state index < -0.39 is 0 Å². The van der Waals surface area contributed by atoms with Gasteiger partial charge in [0.05, 0.1) is 0 Å². The maximum atomic E-state index is 4.20. The van der Waals surface area contributed by atoms with E-state index in [4.69, 9.17) is 0 Å². The van der Waals surface area contributed by atoms with Crippen molar-refractivity contribution in [2.45, 2.75) is 40.0 Å². The number of allylic oxidation sites excluding steroid dienone is 5. The summed E-state index contributed by atoms with van der Waals surface area (Å²) in [5.41, 5.74) is 7.54. The molecule has 26 heavy (non-hydrogen) atoms. The lowest BCUT2D eigenvalue weighted by Crippen LogP contribution is -2.17. The zero-order valence-electron chi connectivity index (χ0n) is 17.1. The summed E-state index contributed by atoms with van der Waals surface area (Å²) in [5.74, 6) is 0.748. The lowest BCUT2D eigenvalue weighted by Gasteiger charge is -2.28. The van der Waals surface area contributed by atoms with E-state index in [-0.39, 0.29) is 0 Å². The summed E-state index contributed by atoms with van der Waals surface area (Å²) in [4.78, 5) is 2.12. The van der Waals surface area contributed by atoms with Crippen LogP contribution in [0.5, 0.6) is 0 Å². The zero-order valence-corrected chi connectivity index (χ0v) is 17.1. The molecular formula is C24H34N2. The first-order chi connectivity index (χ1) is 12.5. The predicted molar refractivity (Wildman–Crippen MR) is 115 cm³/mol. The van der Waals surface area contributed by atoms with Gasteiger partial charge in [0.1, 0.15) is 0 Å². The molecule has 1 aliphatic rings. The first-order valence-electron chi connectivity index (χ1n) is 9.73. The molecule has 0 amide bonds. The Bertz CT molecular complexity index is 704. The van der Waals surface area contributed by atoms with Crippen molar-refractivity contribution in [3.63, 3.8) is 0 Å². The third-order valence-electron chi connectivity index (χ3n) is 5.38. The van der Waals surface area contributed by atoms with Crippen LogP contribution in [0, 0.1) is 5.92 Å². The Labute approximate surface area is 160 Å². The molecule has 0 aliphatic carbocycles. The molecular weight excluding hydrogens is 316 g/mol. The minimum atomic E-state index is 0.748. The van der Waals surface area contributed by atoms with Crippen LogP contribution in [-0.4, -0.2) is 25.5 Å². The molecule has 1 heterocycles. The third-order valence-corrected chi connectivity index (χ3v) is 5.38. The van der Waals surface area contributed by atoms with E-state index in [1.54, 1.807) is 0 Å². The Morgan fingerprint density at radius 2 is 1.92 bits per heavy atom. The maximum Gasteiger partial charge on any atom is 0.0366 e. The van der Waals surface area contributed by atoms with Crippen molar-refractivity contribution in [1.82, 2.24) is 10.2 Å². The van der Waals surface area contributed by atoms with E-state index >= 15 is 0 Å². The minimum Gasteiger partial charge on any atom is -0.351 e. The van der Waals surface area contributed by atoms with Crippen LogP contribution in [0.1, 0.15) is 44.7 Å². The molecule has 0 radical (unpaired) electrons. The molecule has 1 unspecified atom stereocenters. The number of nitrogens with one attached hydrogen (secondary N) is 1. The van der Waals surface area contributed by atoms with E-state index in [9.17, 15) is 0 Å². The molecule has 1 aromatic carbocycles. The van der Waals surface area contributed by atoms with Crippen molar-refractivity contribution in [3.05, 3.63) is 77.2 Å². The maximum absolute atomic E-state index is 4.20. The van der Waals surface area contributed by atoms with Crippen LogP contribution in [0.3, 0.4) is 0 Å². The number of rotatable bonds is 8. The Morgan fingerprint density at radius 1 is 1.23 bits per heavy atom. The minimum absolute atomic E-state index is 0.748. The van der Waals surface area contributed by atoms with Crippen molar-refractivity contribution in [1.29, 1.82) is 0 Å². The second kappa shape index (κ2) is 9.59. The van der Waals surface area contributed by atoms with Gasteiger partial charge in [0.2, 0.25) is 0 Å². The zero-order chi connectivity index (χ0) is 19.1. The average Bonchev–Trinajstić information content (AvgIpc) is 2.66. The molecule has 2 heteroatoms. The van der Waals surface area contributed by atoms with Gasteiger partial charge in [-0.25, -0.2) is 0 Å². The van der Waals surface area contributed by atoms with Gasteiger partial charge in [-0.2, -0.15) is 0 Å². The van der Waals surface area contributed by atoms with Gasteiger partial charge in [0, 0.05) is 24.5 Å². The molecule has 140 valence electrons. The number of likely N-dealkylation sites (N-methyl/N-ethyl adjacent to an activating group) is 1. The van der Waals surface area contributed by atoms with Crippen LogP contribution in [0.2, 0.25) is 0 Å². The Morgan fingerprint density at radius 3 is 2.50 bits per heavy atom. The Hall–Kier alpha value is -2.06. The van der Waals surface area contributed by atoms with Crippen LogP contribution in [0.4, 0.5) is 0 Å². The highest BCUT2D eigenvalue weighted by Gasteiger charge is 2.18. The molecule has 0 saturated heterocycles. The Kier molecular flexibility index (Phi) is 7.47. The predicted octanol–water partition coefficient (Wildman–Crippen LogP) is 5.56. The van der Waals surface area contributed by atoms with E-state index in [2.05, 4.69) is 87.2 Å². The molecule has 1 aromatic rings. The van der Waals surface area contributed by atoms with Crippen LogP contribution in [-0.2, 0) is 6.42 Å². The number of nitrogens with zero attached hydrogens (tertiary/aromatic N) is 1. The van der Waals surface area contributed by atoms with E-state index in [0.29, 0.717) is 0 Å². The highest BCUT2D eigenvalue weighted by atomic mass is 15.1. The lowest BCUT2D eigenvalue weighted by atomic mass is 9.89. The van der Waals surface area contributed by atoms with Crippen molar-refractivity contribution in [2.75, 3.05) is 20.6 Å². The SMILES string of the molecule is C=C1C(C)=C(/C=C\C)C(c2ccc(CC(CC)CCNC)cc2)=CN1C. The molecule has 0 spiro atoms. The molecule has 2 nitrogen and oxygen atoms in total. The van der Waals surface area contributed by atoms with Crippen molar-refractivity contribution in [2.24, 2.45) is 5.92 Å². The smallest absolute Gasteiger partial charge is 0.0366 e. The molecule has 1 atom stereocenters. The third kappa shape index (κ3) is 4.76. The Balaban J connectivity index is 2.24. The van der Waals surface area contributed by atoms with Gasteiger partial charge in [-0.1, -0.05) is 56.3 Å². The van der Waals surface area contributed by atoms with Gasteiger partial charge >= 0.3 is 0 Å². The second-order valence-electron chi connectivity index (χ2n) is 7.21. The van der Waals surface area contributed by atoms with Gasteiger partial charge in [-0.15, -0.1) is 0 Å². The lowest BCUT2D eigenvalue weighted by molar-refractivity contribution is 0.459. The number of hydrogen-bond donors (Lipinski definition) is 1. The van der Waals surface area contributed by atoms with Crippen LogP contribution < -0.4 is 5.32 Å². The molecule has 0 bridgehead atoms. The molecule has 0 fully saturated rings. The summed E-state index contributed by atoms with van der Waals surface area (Å²) in [5, 5.41) is 3.27. The average molecular weight is 351 g/mol. The van der Waals surface area contributed by atoms with Crippen molar-refractivity contribution in [3.8, 4) is 0 Å². The summed E-state index contributed by atoms with van der Waals surface area (Å²) in [6.45, 7) is 11.8.